The van der Waals surface area contributed by atoms with Crippen LogP contribution in [0, 0.1) is 12.3 Å². The van der Waals surface area contributed by atoms with Gasteiger partial charge in [0, 0.05) is 19.0 Å². The van der Waals surface area contributed by atoms with Crippen LogP contribution in [-0.4, -0.2) is 31.8 Å². The van der Waals surface area contributed by atoms with Crippen molar-refractivity contribution in [1.82, 2.24) is 5.32 Å². The van der Waals surface area contributed by atoms with Gasteiger partial charge in [-0.3, -0.25) is 10.1 Å². The molecule has 1 aliphatic heterocycles. The van der Waals surface area contributed by atoms with Crippen LogP contribution in [0.5, 0.6) is 5.75 Å². The third-order valence-corrected chi connectivity index (χ3v) is 2.82. The van der Waals surface area contributed by atoms with Crippen LogP contribution in [0.15, 0.2) is 18.2 Å². The number of carbonyl (C=O) groups is 2. The molecule has 2 amide bonds. The number of likely N-dealkylation sites (N-methyl/N-ethyl adjacent to an activating group) is 1. The molecule has 1 aromatic carbocycles. The fourth-order valence-corrected chi connectivity index (χ4v) is 1.93. The number of hydrogen-bond acceptors (Lipinski definition) is 4. The molecule has 1 atom stereocenters. The molecule has 0 fully saturated rings. The Bertz CT molecular complexity index is 577. The molecule has 20 heavy (non-hydrogen) atoms. The number of rotatable bonds is 3. The third-order valence-electron chi connectivity index (χ3n) is 2.82. The first-order valence-corrected chi connectivity index (χ1v) is 6.03. The summed E-state index contributed by atoms with van der Waals surface area (Å²) in [4.78, 5) is 23.1. The number of hydrogen-bond donors (Lipinski definition) is 2. The summed E-state index contributed by atoms with van der Waals surface area (Å²) >= 11 is 0. The van der Waals surface area contributed by atoms with Crippen LogP contribution in [0.1, 0.15) is 5.56 Å². The Labute approximate surface area is 116 Å². The van der Waals surface area contributed by atoms with Crippen molar-refractivity contribution in [2.45, 2.75) is 12.5 Å². The van der Waals surface area contributed by atoms with Gasteiger partial charge in [0.25, 0.3) is 5.91 Å². The number of amides is 2. The lowest BCUT2D eigenvalue weighted by atomic mass is 10.1. The third kappa shape index (κ3) is 2.83. The van der Waals surface area contributed by atoms with Crippen LogP contribution in [0.25, 0.3) is 0 Å². The predicted octanol–water partition coefficient (Wildman–Crippen LogP) is 0.918. The summed E-state index contributed by atoms with van der Waals surface area (Å²) in [6.07, 6.45) is 4.22. The van der Waals surface area contributed by atoms with Gasteiger partial charge in [-0.1, -0.05) is 18.1 Å². The monoisotopic (exact) mass is 274 g/mol. The minimum absolute atomic E-state index is 0.109. The number of terminal acetylenes is 1. The average molecular weight is 274 g/mol. The van der Waals surface area contributed by atoms with Gasteiger partial charge in [0.1, 0.15) is 5.75 Å². The minimum Gasteiger partial charge on any atom is -0.478 e. The molecule has 6 nitrogen and oxygen atoms in total. The Morgan fingerprint density at radius 2 is 2.35 bits per heavy atom. The van der Waals surface area contributed by atoms with E-state index in [-0.39, 0.29) is 12.5 Å². The van der Waals surface area contributed by atoms with Gasteiger partial charge in [0.2, 0.25) is 0 Å². The topological polar surface area (TPSA) is 76.7 Å². The highest BCUT2D eigenvalue weighted by Crippen LogP contribution is 2.36. The second kappa shape index (κ2) is 5.97. The van der Waals surface area contributed by atoms with Crippen molar-refractivity contribution < 1.29 is 19.1 Å². The van der Waals surface area contributed by atoms with E-state index in [1.165, 1.54) is 0 Å². The fraction of sp³-hybridized carbons (Fsp3) is 0.286. The molecule has 0 aliphatic carbocycles. The summed E-state index contributed by atoms with van der Waals surface area (Å²) in [5.41, 5.74) is 1.31. The maximum atomic E-state index is 11.6. The van der Waals surface area contributed by atoms with E-state index in [1.807, 2.05) is 6.07 Å². The quantitative estimate of drug-likeness (QED) is 0.803. The van der Waals surface area contributed by atoms with Crippen LogP contribution in [-0.2, 0) is 16.0 Å². The Balaban J connectivity index is 2.12. The highest BCUT2D eigenvalue weighted by atomic mass is 16.5. The van der Waals surface area contributed by atoms with Gasteiger partial charge < -0.3 is 14.8 Å². The van der Waals surface area contributed by atoms with Crippen LogP contribution < -0.4 is 15.4 Å². The van der Waals surface area contributed by atoms with Gasteiger partial charge >= 0.3 is 6.09 Å². The molecule has 104 valence electrons. The molecule has 6 heteroatoms. The Morgan fingerprint density at radius 3 is 3.05 bits per heavy atom. The van der Waals surface area contributed by atoms with Crippen molar-refractivity contribution in [3.63, 3.8) is 0 Å². The lowest BCUT2D eigenvalue weighted by Gasteiger charge is -2.11. The van der Waals surface area contributed by atoms with E-state index in [2.05, 4.69) is 16.6 Å². The SMILES string of the molecule is C#CCOC(=O)Nc1cccc2c1OC(C(=O)NC)C2. The van der Waals surface area contributed by atoms with E-state index in [1.54, 1.807) is 19.2 Å². The molecule has 2 N–H and O–H groups in total. The molecule has 2 rings (SSSR count). The number of ether oxygens (including phenoxy) is 2. The van der Waals surface area contributed by atoms with Gasteiger partial charge in [-0.15, -0.1) is 6.42 Å². The van der Waals surface area contributed by atoms with Gasteiger partial charge in [0.15, 0.2) is 12.7 Å². The highest BCUT2D eigenvalue weighted by molar-refractivity contribution is 5.89. The van der Waals surface area contributed by atoms with Crippen molar-refractivity contribution in [3.8, 4) is 18.1 Å². The van der Waals surface area contributed by atoms with E-state index in [9.17, 15) is 9.59 Å². The summed E-state index contributed by atoms with van der Waals surface area (Å²) < 4.78 is 10.3. The zero-order valence-electron chi connectivity index (χ0n) is 10.9. The molecule has 0 spiro atoms. The predicted molar refractivity (Wildman–Crippen MR) is 72.4 cm³/mol. The number of nitrogens with one attached hydrogen (secondary N) is 2. The number of fused-ring (bicyclic) bond motifs is 1. The maximum Gasteiger partial charge on any atom is 0.412 e. The summed E-state index contributed by atoms with van der Waals surface area (Å²) in [6, 6.07) is 5.28. The first-order chi connectivity index (χ1) is 9.65. The molecule has 1 aliphatic rings. The molecule has 1 aromatic rings. The van der Waals surface area contributed by atoms with Crippen LogP contribution >= 0.6 is 0 Å². The summed E-state index contributed by atoms with van der Waals surface area (Å²) in [5, 5.41) is 5.07. The number of anilines is 1. The maximum absolute atomic E-state index is 11.6. The van der Waals surface area contributed by atoms with Gasteiger partial charge in [-0.05, 0) is 6.07 Å². The van der Waals surface area contributed by atoms with E-state index in [0.717, 1.165) is 5.56 Å². The van der Waals surface area contributed by atoms with Crippen molar-refractivity contribution in [2.75, 3.05) is 19.0 Å². The van der Waals surface area contributed by atoms with Gasteiger partial charge in [-0.25, -0.2) is 4.79 Å². The molecule has 1 heterocycles. The average Bonchev–Trinajstić information content (AvgIpc) is 2.89. The molecular formula is C14H14N2O4. The standard InChI is InChI=1S/C14H14N2O4/c1-3-7-19-14(18)16-10-6-4-5-9-8-11(13(17)15-2)20-12(9)10/h1,4-6,11H,7-8H2,2H3,(H,15,17)(H,16,18). The number of benzene rings is 1. The van der Waals surface area contributed by atoms with Crippen molar-refractivity contribution in [3.05, 3.63) is 23.8 Å². The first kappa shape index (κ1) is 13.7. The summed E-state index contributed by atoms with van der Waals surface area (Å²) in [5.74, 6) is 2.48. The second-order valence-electron chi connectivity index (χ2n) is 4.12. The Kier molecular flexibility index (Phi) is 4.11. The van der Waals surface area contributed by atoms with E-state index < -0.39 is 12.2 Å². The highest BCUT2D eigenvalue weighted by Gasteiger charge is 2.30. The molecule has 0 saturated carbocycles. The zero-order valence-corrected chi connectivity index (χ0v) is 10.9. The lowest BCUT2D eigenvalue weighted by molar-refractivity contribution is -0.126. The second-order valence-corrected chi connectivity index (χ2v) is 4.12. The summed E-state index contributed by atoms with van der Waals surface area (Å²) in [7, 11) is 1.55. The van der Waals surface area contributed by atoms with Crippen LogP contribution in [0.3, 0.4) is 0 Å². The largest absolute Gasteiger partial charge is 0.478 e. The normalized spacial score (nSPS) is 15.5. The number of carbonyl (C=O) groups excluding carboxylic acids is 2. The lowest BCUT2D eigenvalue weighted by Crippen LogP contribution is -2.35. The van der Waals surface area contributed by atoms with Crippen LogP contribution in [0.4, 0.5) is 10.5 Å². The summed E-state index contributed by atoms with van der Waals surface area (Å²) in [6.45, 7) is -0.109. The molecule has 0 saturated heterocycles. The molecule has 0 aromatic heterocycles. The van der Waals surface area contributed by atoms with Crippen molar-refractivity contribution >= 4 is 17.7 Å². The van der Waals surface area contributed by atoms with E-state index in [4.69, 9.17) is 15.9 Å². The first-order valence-electron chi connectivity index (χ1n) is 6.03. The van der Waals surface area contributed by atoms with Gasteiger partial charge in [0.05, 0.1) is 5.69 Å². The Hall–Kier alpha value is -2.68. The molecular weight excluding hydrogens is 260 g/mol. The smallest absolute Gasteiger partial charge is 0.412 e. The van der Waals surface area contributed by atoms with Crippen LogP contribution in [0.2, 0.25) is 0 Å². The molecule has 0 radical (unpaired) electrons. The minimum atomic E-state index is -0.664. The van der Waals surface area contributed by atoms with E-state index in [0.29, 0.717) is 17.9 Å². The van der Waals surface area contributed by atoms with E-state index >= 15 is 0 Å². The number of para-hydroxylation sites is 1. The zero-order chi connectivity index (χ0) is 14.5. The van der Waals surface area contributed by atoms with Gasteiger partial charge in [-0.2, -0.15) is 0 Å². The molecule has 1 unspecified atom stereocenters. The van der Waals surface area contributed by atoms with Crippen molar-refractivity contribution in [1.29, 1.82) is 0 Å². The fourth-order valence-electron chi connectivity index (χ4n) is 1.93. The Morgan fingerprint density at radius 1 is 1.55 bits per heavy atom. The van der Waals surface area contributed by atoms with Crippen molar-refractivity contribution in [2.24, 2.45) is 0 Å². The molecule has 0 bridgehead atoms.